The maximum Gasteiger partial charge on any atom is 0.407 e. The minimum atomic E-state index is -0.608. The second-order valence-corrected chi connectivity index (χ2v) is 8.35. The molecule has 8 heteroatoms. The summed E-state index contributed by atoms with van der Waals surface area (Å²) in [6, 6.07) is 8.08. The molecule has 0 saturated carbocycles. The summed E-state index contributed by atoms with van der Waals surface area (Å²) in [4.78, 5) is 26.2. The highest BCUT2D eigenvalue weighted by atomic mass is 19.1. The summed E-state index contributed by atoms with van der Waals surface area (Å²) in [5.74, 6) is -1.38. The van der Waals surface area contributed by atoms with Crippen molar-refractivity contribution in [3.8, 4) is 0 Å². The summed E-state index contributed by atoms with van der Waals surface area (Å²) in [5, 5.41) is 5.52. The molecule has 0 unspecified atom stereocenters. The smallest absolute Gasteiger partial charge is 0.407 e. The molecule has 1 heterocycles. The van der Waals surface area contributed by atoms with Crippen LogP contribution >= 0.6 is 0 Å². The predicted octanol–water partition coefficient (Wildman–Crippen LogP) is 5.39. The molecule has 174 valence electrons. The van der Waals surface area contributed by atoms with E-state index in [0.717, 1.165) is 11.6 Å². The predicted molar refractivity (Wildman–Crippen MR) is 121 cm³/mol. The van der Waals surface area contributed by atoms with Crippen molar-refractivity contribution in [3.63, 3.8) is 0 Å². The van der Waals surface area contributed by atoms with Gasteiger partial charge in [0.15, 0.2) is 0 Å². The number of anilines is 2. The van der Waals surface area contributed by atoms with Crippen LogP contribution < -0.4 is 10.6 Å². The Morgan fingerprint density at radius 1 is 1.03 bits per heavy atom. The van der Waals surface area contributed by atoms with E-state index in [2.05, 4.69) is 10.6 Å². The number of nitrogens with one attached hydrogen (secondary N) is 2. The standard InChI is InChI=1S/C22H25F2N3O3.C2H6/c1-13-5-8-18(17(24)9-13)26-19-10-14(23)6-7-16(19)20(28)27-11-15(12-27)25-21(29)30-22(2,3)4;1-2/h5-10,15,26H,11-12H2,1-4H3,(H,25,29);1-2H3. The van der Waals surface area contributed by atoms with Crippen LogP contribution in [0.15, 0.2) is 36.4 Å². The summed E-state index contributed by atoms with van der Waals surface area (Å²) in [7, 11) is 0. The lowest BCUT2D eigenvalue weighted by Gasteiger charge is -2.40. The zero-order valence-electron chi connectivity index (χ0n) is 19.4. The van der Waals surface area contributed by atoms with Crippen LogP contribution in [0.5, 0.6) is 0 Å². The first-order chi connectivity index (χ1) is 15.0. The molecule has 2 N–H and O–H groups in total. The quantitative estimate of drug-likeness (QED) is 0.659. The van der Waals surface area contributed by atoms with Crippen molar-refractivity contribution in [1.82, 2.24) is 10.2 Å². The molecule has 0 aromatic heterocycles. The van der Waals surface area contributed by atoms with Gasteiger partial charge in [0.1, 0.15) is 17.2 Å². The van der Waals surface area contributed by atoms with Gasteiger partial charge in [0, 0.05) is 13.1 Å². The number of hydrogen-bond acceptors (Lipinski definition) is 4. The molecule has 2 aromatic carbocycles. The molecule has 0 radical (unpaired) electrons. The molecule has 0 bridgehead atoms. The second kappa shape index (κ2) is 10.4. The summed E-state index contributed by atoms with van der Waals surface area (Å²) in [6.07, 6.45) is -0.543. The third-order valence-corrected chi connectivity index (χ3v) is 4.50. The van der Waals surface area contributed by atoms with Gasteiger partial charge in [0.25, 0.3) is 5.91 Å². The van der Waals surface area contributed by atoms with Gasteiger partial charge in [-0.1, -0.05) is 19.9 Å². The van der Waals surface area contributed by atoms with E-state index in [-0.39, 0.29) is 28.9 Å². The zero-order chi connectivity index (χ0) is 24.1. The molecule has 1 fully saturated rings. The summed E-state index contributed by atoms with van der Waals surface area (Å²) >= 11 is 0. The molecule has 2 amide bonds. The highest BCUT2D eigenvalue weighted by Crippen LogP contribution is 2.27. The first-order valence-corrected chi connectivity index (χ1v) is 10.6. The highest BCUT2D eigenvalue weighted by molar-refractivity contribution is 6.01. The van der Waals surface area contributed by atoms with E-state index < -0.39 is 23.3 Å². The topological polar surface area (TPSA) is 70.7 Å². The summed E-state index contributed by atoms with van der Waals surface area (Å²) in [5.41, 5.74) is 0.674. The Morgan fingerprint density at radius 2 is 1.69 bits per heavy atom. The van der Waals surface area contributed by atoms with Gasteiger partial charge >= 0.3 is 6.09 Å². The van der Waals surface area contributed by atoms with Gasteiger partial charge in [-0.15, -0.1) is 0 Å². The van der Waals surface area contributed by atoms with Crippen molar-refractivity contribution < 1.29 is 23.1 Å². The second-order valence-electron chi connectivity index (χ2n) is 8.35. The monoisotopic (exact) mass is 447 g/mol. The third-order valence-electron chi connectivity index (χ3n) is 4.50. The lowest BCUT2D eigenvalue weighted by Crippen LogP contribution is -2.61. The number of nitrogens with zero attached hydrogens (tertiary/aromatic N) is 1. The molecule has 32 heavy (non-hydrogen) atoms. The molecule has 1 saturated heterocycles. The van der Waals surface area contributed by atoms with Crippen LogP contribution in [0.3, 0.4) is 0 Å². The molecule has 6 nitrogen and oxygen atoms in total. The van der Waals surface area contributed by atoms with Gasteiger partial charge < -0.3 is 20.3 Å². The van der Waals surface area contributed by atoms with Crippen LogP contribution in [0.2, 0.25) is 0 Å². The van der Waals surface area contributed by atoms with Crippen molar-refractivity contribution >= 4 is 23.4 Å². The lowest BCUT2D eigenvalue weighted by atomic mass is 10.0. The van der Waals surface area contributed by atoms with Crippen LogP contribution in [0.4, 0.5) is 25.0 Å². The van der Waals surface area contributed by atoms with Gasteiger partial charge in [-0.05, 0) is 63.6 Å². The number of carbonyl (C=O) groups is 2. The Balaban J connectivity index is 0.00000176. The number of halogens is 2. The van der Waals surface area contributed by atoms with Crippen molar-refractivity contribution in [3.05, 3.63) is 59.2 Å². The molecule has 1 aliphatic rings. The Labute approximate surface area is 187 Å². The minimum absolute atomic E-state index is 0.147. The van der Waals surface area contributed by atoms with E-state index in [1.54, 1.807) is 33.8 Å². The van der Waals surface area contributed by atoms with Crippen LogP contribution in [0.25, 0.3) is 0 Å². The largest absolute Gasteiger partial charge is 0.444 e. The van der Waals surface area contributed by atoms with E-state index in [1.807, 2.05) is 13.8 Å². The average molecular weight is 448 g/mol. The number of aryl methyl sites for hydroxylation is 1. The van der Waals surface area contributed by atoms with Gasteiger partial charge in [-0.2, -0.15) is 0 Å². The number of ether oxygens (including phenoxy) is 1. The van der Waals surface area contributed by atoms with Crippen LogP contribution in [0, 0.1) is 18.6 Å². The number of amides is 2. The molecular weight excluding hydrogens is 416 g/mol. The van der Waals surface area contributed by atoms with E-state index in [0.29, 0.717) is 13.1 Å². The fourth-order valence-corrected chi connectivity index (χ4v) is 3.05. The van der Waals surface area contributed by atoms with Crippen molar-refractivity contribution in [2.45, 2.75) is 53.2 Å². The number of rotatable bonds is 4. The summed E-state index contributed by atoms with van der Waals surface area (Å²) < 4.78 is 33.2. The van der Waals surface area contributed by atoms with Gasteiger partial charge in [-0.25, -0.2) is 13.6 Å². The number of alkyl carbamates (subject to hydrolysis) is 1. The Kier molecular flexibility index (Phi) is 8.19. The van der Waals surface area contributed by atoms with E-state index in [4.69, 9.17) is 4.74 Å². The lowest BCUT2D eigenvalue weighted by molar-refractivity contribution is 0.0359. The number of hydrogen-bond donors (Lipinski definition) is 2. The summed E-state index contributed by atoms with van der Waals surface area (Å²) in [6.45, 7) is 11.7. The molecule has 0 aliphatic carbocycles. The molecular formula is C24H31F2N3O3. The van der Waals surface area contributed by atoms with Crippen molar-refractivity contribution in [1.29, 1.82) is 0 Å². The van der Waals surface area contributed by atoms with E-state index in [9.17, 15) is 18.4 Å². The number of benzene rings is 2. The normalized spacial score (nSPS) is 13.4. The van der Waals surface area contributed by atoms with Gasteiger partial charge in [0.2, 0.25) is 0 Å². The Hall–Kier alpha value is -3.16. The molecule has 3 rings (SSSR count). The van der Waals surface area contributed by atoms with Crippen LogP contribution in [0.1, 0.15) is 50.5 Å². The molecule has 0 spiro atoms. The maximum absolute atomic E-state index is 14.2. The zero-order valence-corrected chi connectivity index (χ0v) is 19.4. The Morgan fingerprint density at radius 3 is 2.28 bits per heavy atom. The highest BCUT2D eigenvalue weighted by Gasteiger charge is 2.34. The third kappa shape index (κ3) is 6.67. The van der Waals surface area contributed by atoms with Crippen molar-refractivity contribution in [2.75, 3.05) is 18.4 Å². The first-order valence-electron chi connectivity index (χ1n) is 10.6. The number of likely N-dealkylation sites (tertiary alicyclic amines) is 1. The number of carbonyl (C=O) groups excluding carboxylic acids is 2. The fraction of sp³-hybridized carbons (Fsp3) is 0.417. The van der Waals surface area contributed by atoms with Crippen LogP contribution in [-0.2, 0) is 4.74 Å². The molecule has 2 aromatic rings. The van der Waals surface area contributed by atoms with Gasteiger partial charge in [-0.3, -0.25) is 4.79 Å². The van der Waals surface area contributed by atoms with Gasteiger partial charge in [0.05, 0.1) is 23.0 Å². The minimum Gasteiger partial charge on any atom is -0.444 e. The SMILES string of the molecule is CC.Cc1ccc(Nc2cc(F)ccc2C(=O)N2CC(NC(=O)OC(C)(C)C)C2)c(F)c1. The van der Waals surface area contributed by atoms with E-state index in [1.165, 1.54) is 29.2 Å². The molecule has 1 aliphatic heterocycles. The van der Waals surface area contributed by atoms with E-state index >= 15 is 0 Å². The van der Waals surface area contributed by atoms with Crippen LogP contribution in [-0.4, -0.2) is 41.6 Å². The average Bonchev–Trinajstić information content (AvgIpc) is 2.66. The first kappa shape index (κ1) is 25.1. The molecule has 0 atom stereocenters. The van der Waals surface area contributed by atoms with Crippen molar-refractivity contribution in [2.24, 2.45) is 0 Å². The maximum atomic E-state index is 14.2. The fourth-order valence-electron chi connectivity index (χ4n) is 3.05. The Bertz CT molecular complexity index is 967.